The highest BCUT2D eigenvalue weighted by atomic mass is 28.3. The van der Waals surface area contributed by atoms with Crippen LogP contribution in [0.2, 0.25) is 0 Å². The Kier molecular flexibility index (Phi) is 19.4. The third kappa shape index (κ3) is 13.9. The van der Waals surface area contributed by atoms with E-state index in [9.17, 15) is 0 Å². The van der Waals surface area contributed by atoms with E-state index in [1.54, 1.807) is 0 Å². The van der Waals surface area contributed by atoms with Gasteiger partial charge in [0.25, 0.3) is 0 Å². The summed E-state index contributed by atoms with van der Waals surface area (Å²) in [5.41, 5.74) is 0. The molecule has 4 nitrogen and oxygen atoms in total. The number of rotatable bonds is 22. The van der Waals surface area contributed by atoms with Crippen LogP contribution in [0.15, 0.2) is 24.3 Å². The van der Waals surface area contributed by atoms with Crippen LogP contribution in [0, 0.1) is 0 Å². The maximum Gasteiger partial charge on any atom is 0.355 e. The SMILES string of the molecule is CCCCCO[SiH](OCCCCC)c1ccc([SiH](OCCCCC)OCCCCC)cc1. The Balaban J connectivity index is 2.74. The molecule has 32 heavy (non-hydrogen) atoms. The van der Waals surface area contributed by atoms with E-state index in [1.165, 1.54) is 61.7 Å². The molecule has 0 saturated heterocycles. The molecule has 0 N–H and O–H groups in total. The van der Waals surface area contributed by atoms with Gasteiger partial charge in [-0.05, 0) is 36.1 Å². The summed E-state index contributed by atoms with van der Waals surface area (Å²) in [5.74, 6) is 0. The Hall–Kier alpha value is -0.506. The van der Waals surface area contributed by atoms with Crippen LogP contribution in [0.5, 0.6) is 0 Å². The first-order valence-electron chi connectivity index (χ1n) is 13.3. The highest BCUT2D eigenvalue weighted by molar-refractivity contribution is 6.63. The van der Waals surface area contributed by atoms with Gasteiger partial charge >= 0.3 is 18.6 Å². The molecule has 0 fully saturated rings. The van der Waals surface area contributed by atoms with Crippen LogP contribution in [0.1, 0.15) is 105 Å². The number of hydrogen-bond acceptors (Lipinski definition) is 4. The van der Waals surface area contributed by atoms with Crippen molar-refractivity contribution in [3.63, 3.8) is 0 Å². The summed E-state index contributed by atoms with van der Waals surface area (Å²) in [7, 11) is -3.72. The van der Waals surface area contributed by atoms with Crippen molar-refractivity contribution in [1.82, 2.24) is 0 Å². The van der Waals surface area contributed by atoms with Gasteiger partial charge in [-0.15, -0.1) is 0 Å². The summed E-state index contributed by atoms with van der Waals surface area (Å²) in [6, 6.07) is 8.82. The summed E-state index contributed by atoms with van der Waals surface area (Å²) < 4.78 is 25.0. The Labute approximate surface area is 202 Å². The van der Waals surface area contributed by atoms with Gasteiger partial charge in [0.05, 0.1) is 0 Å². The Bertz CT molecular complexity index is 456. The molecule has 6 heteroatoms. The van der Waals surface area contributed by atoms with Crippen LogP contribution in [0.25, 0.3) is 0 Å². The first-order valence-corrected chi connectivity index (χ1v) is 16.4. The van der Waals surface area contributed by atoms with Gasteiger partial charge in [-0.1, -0.05) is 103 Å². The van der Waals surface area contributed by atoms with Crippen molar-refractivity contribution in [3.05, 3.63) is 24.3 Å². The third-order valence-corrected chi connectivity index (χ3v) is 9.56. The first-order chi connectivity index (χ1) is 15.8. The largest absolute Gasteiger partial charge is 0.393 e. The molecule has 1 aromatic carbocycles. The second kappa shape index (κ2) is 21.1. The first kappa shape index (κ1) is 29.5. The van der Waals surface area contributed by atoms with Gasteiger partial charge in [0, 0.05) is 26.4 Å². The normalized spacial score (nSPS) is 11.7. The molecule has 0 atom stereocenters. The monoisotopic (exact) mass is 482 g/mol. The van der Waals surface area contributed by atoms with E-state index < -0.39 is 18.6 Å². The van der Waals surface area contributed by atoms with Crippen LogP contribution < -0.4 is 10.4 Å². The summed E-state index contributed by atoms with van der Waals surface area (Å²) in [6.07, 6.45) is 14.2. The van der Waals surface area contributed by atoms with E-state index in [0.29, 0.717) is 0 Å². The fourth-order valence-corrected chi connectivity index (χ4v) is 6.96. The molecule has 0 radical (unpaired) electrons. The zero-order chi connectivity index (χ0) is 23.3. The van der Waals surface area contributed by atoms with Gasteiger partial charge in [-0.25, -0.2) is 0 Å². The fraction of sp³-hybridized carbons (Fsp3) is 0.769. The van der Waals surface area contributed by atoms with Crippen LogP contribution in [-0.4, -0.2) is 45.0 Å². The highest BCUT2D eigenvalue weighted by Gasteiger charge is 2.20. The molecule has 0 saturated carbocycles. The topological polar surface area (TPSA) is 36.9 Å². The molecule has 0 aromatic heterocycles. The molecule has 0 aliphatic carbocycles. The van der Waals surface area contributed by atoms with Crippen molar-refractivity contribution in [1.29, 1.82) is 0 Å². The minimum atomic E-state index is -1.86. The van der Waals surface area contributed by atoms with Crippen LogP contribution >= 0.6 is 0 Å². The Morgan fingerprint density at radius 3 is 0.906 bits per heavy atom. The lowest BCUT2D eigenvalue weighted by Gasteiger charge is -2.20. The molecule has 0 amide bonds. The van der Waals surface area contributed by atoms with Gasteiger partial charge in [0.1, 0.15) is 0 Å². The van der Waals surface area contributed by atoms with E-state index in [0.717, 1.165) is 52.1 Å². The molecule has 0 bridgehead atoms. The molecular weight excluding hydrogens is 432 g/mol. The second-order valence-corrected chi connectivity index (χ2v) is 12.6. The Morgan fingerprint density at radius 1 is 0.438 bits per heavy atom. The predicted molar refractivity (Wildman–Crippen MR) is 142 cm³/mol. The molecule has 1 rings (SSSR count). The molecule has 0 aliphatic rings. The van der Waals surface area contributed by atoms with Crippen molar-refractivity contribution < 1.29 is 17.7 Å². The number of hydrogen-bond donors (Lipinski definition) is 0. The predicted octanol–water partition coefficient (Wildman–Crippen LogP) is 5.37. The third-order valence-electron chi connectivity index (χ3n) is 5.55. The average molecular weight is 483 g/mol. The van der Waals surface area contributed by atoms with E-state index in [4.69, 9.17) is 17.7 Å². The maximum absolute atomic E-state index is 6.26. The lowest BCUT2D eigenvalue weighted by atomic mass is 10.3. The molecule has 1 aromatic rings. The van der Waals surface area contributed by atoms with Gasteiger partial charge in [-0.3, -0.25) is 0 Å². The summed E-state index contributed by atoms with van der Waals surface area (Å²) >= 11 is 0. The fourth-order valence-electron chi connectivity index (χ4n) is 3.46. The van der Waals surface area contributed by atoms with Gasteiger partial charge in [-0.2, -0.15) is 0 Å². The molecule has 0 aliphatic heterocycles. The minimum absolute atomic E-state index is 0.804. The average Bonchev–Trinajstić information content (AvgIpc) is 2.82. The highest BCUT2D eigenvalue weighted by Crippen LogP contribution is 2.04. The zero-order valence-electron chi connectivity index (χ0n) is 21.4. The van der Waals surface area contributed by atoms with Crippen molar-refractivity contribution >= 4 is 28.9 Å². The lowest BCUT2D eigenvalue weighted by molar-refractivity contribution is 0.199. The van der Waals surface area contributed by atoms with Crippen LogP contribution in [-0.2, 0) is 17.7 Å². The zero-order valence-corrected chi connectivity index (χ0v) is 23.7. The molecular formula is C26H50O4Si2. The minimum Gasteiger partial charge on any atom is -0.393 e. The standard InChI is InChI=1S/C26H50O4Si2/c1-5-9-13-21-27-31(28-22-14-10-6-2)25-17-19-26(20-18-25)32(29-23-15-11-7-3)30-24-16-12-8-4/h17-20,31-32H,5-16,21-24H2,1-4H3. The van der Waals surface area contributed by atoms with Crippen LogP contribution in [0.4, 0.5) is 0 Å². The molecule has 0 spiro atoms. The van der Waals surface area contributed by atoms with Crippen LogP contribution in [0.3, 0.4) is 0 Å². The van der Waals surface area contributed by atoms with E-state index in [1.807, 2.05) is 0 Å². The summed E-state index contributed by atoms with van der Waals surface area (Å²) in [5, 5.41) is 2.46. The molecule has 0 heterocycles. The van der Waals surface area contributed by atoms with Crippen molar-refractivity contribution in [3.8, 4) is 0 Å². The maximum atomic E-state index is 6.26. The second-order valence-electron chi connectivity index (χ2n) is 8.64. The van der Waals surface area contributed by atoms with E-state index >= 15 is 0 Å². The number of unbranched alkanes of at least 4 members (excludes halogenated alkanes) is 8. The van der Waals surface area contributed by atoms with E-state index in [2.05, 4.69) is 52.0 Å². The van der Waals surface area contributed by atoms with Gasteiger partial charge < -0.3 is 17.7 Å². The summed E-state index contributed by atoms with van der Waals surface area (Å²) in [4.78, 5) is 0. The Morgan fingerprint density at radius 2 is 0.688 bits per heavy atom. The van der Waals surface area contributed by atoms with Crippen molar-refractivity contribution in [2.45, 2.75) is 105 Å². The number of benzene rings is 1. The van der Waals surface area contributed by atoms with Gasteiger partial charge in [0.15, 0.2) is 0 Å². The molecule has 0 unspecified atom stereocenters. The quantitative estimate of drug-likeness (QED) is 0.164. The smallest absolute Gasteiger partial charge is 0.355 e. The van der Waals surface area contributed by atoms with E-state index in [-0.39, 0.29) is 0 Å². The van der Waals surface area contributed by atoms with Crippen molar-refractivity contribution in [2.24, 2.45) is 0 Å². The molecule has 186 valence electrons. The lowest BCUT2D eigenvalue weighted by Crippen LogP contribution is -2.41. The van der Waals surface area contributed by atoms with Gasteiger partial charge in [0.2, 0.25) is 0 Å². The summed E-state index contributed by atoms with van der Waals surface area (Å²) in [6.45, 7) is 12.1. The van der Waals surface area contributed by atoms with Crippen molar-refractivity contribution in [2.75, 3.05) is 26.4 Å².